The third-order valence-electron chi connectivity index (χ3n) is 5.55. The van der Waals surface area contributed by atoms with Crippen molar-refractivity contribution in [3.63, 3.8) is 0 Å². The maximum absolute atomic E-state index is 12.7. The number of rotatable bonds is 7. The van der Waals surface area contributed by atoms with E-state index in [0.29, 0.717) is 16.9 Å². The maximum atomic E-state index is 12.7. The number of methoxy groups -OCH3 is 1. The molecule has 0 aliphatic heterocycles. The van der Waals surface area contributed by atoms with Gasteiger partial charge in [0.25, 0.3) is 5.91 Å². The Morgan fingerprint density at radius 3 is 2.19 bits per heavy atom. The van der Waals surface area contributed by atoms with Crippen LogP contribution < -0.4 is 16.0 Å². The number of pyridine rings is 3. The van der Waals surface area contributed by atoms with E-state index in [1.807, 2.05) is 36.4 Å². The number of anilines is 5. The number of fused-ring (bicyclic) bond motifs is 1. The zero-order chi connectivity index (χ0) is 25.6. The Labute approximate surface area is 212 Å². The SMILES string of the molecule is COC(=O)c1ccc2nccc(Nc3ccc(C(=O)Nc4ccc(Nc5ccncc5)cc4)nc3)c2c1. The summed E-state index contributed by atoms with van der Waals surface area (Å²) in [5.41, 5.74) is 5.32. The number of esters is 1. The minimum absolute atomic E-state index is 0.275. The van der Waals surface area contributed by atoms with E-state index in [9.17, 15) is 9.59 Å². The predicted octanol–water partition coefficient (Wildman–Crippen LogP) is 5.55. The molecule has 5 aromatic rings. The lowest BCUT2D eigenvalue weighted by Crippen LogP contribution is -2.13. The molecule has 0 radical (unpaired) electrons. The second-order valence-corrected chi connectivity index (χ2v) is 8.03. The summed E-state index contributed by atoms with van der Waals surface area (Å²) in [4.78, 5) is 37.3. The van der Waals surface area contributed by atoms with Crippen molar-refractivity contribution in [1.29, 1.82) is 0 Å². The largest absolute Gasteiger partial charge is 0.465 e. The molecule has 2 aromatic carbocycles. The Kier molecular flexibility index (Phi) is 6.67. The number of ether oxygens (including phenoxy) is 1. The quantitative estimate of drug-likeness (QED) is 0.254. The maximum Gasteiger partial charge on any atom is 0.337 e. The summed E-state index contributed by atoms with van der Waals surface area (Å²) in [5, 5.41) is 10.2. The Morgan fingerprint density at radius 2 is 1.46 bits per heavy atom. The number of carbonyl (C=O) groups is 2. The molecule has 1 amide bonds. The van der Waals surface area contributed by atoms with Crippen molar-refractivity contribution in [3.05, 3.63) is 109 Å². The van der Waals surface area contributed by atoms with Crippen LogP contribution in [0.3, 0.4) is 0 Å². The average molecular weight is 491 g/mol. The highest BCUT2D eigenvalue weighted by Crippen LogP contribution is 2.26. The minimum Gasteiger partial charge on any atom is -0.465 e. The van der Waals surface area contributed by atoms with Crippen molar-refractivity contribution in [3.8, 4) is 0 Å². The lowest BCUT2D eigenvalue weighted by atomic mass is 10.1. The van der Waals surface area contributed by atoms with Crippen molar-refractivity contribution in [1.82, 2.24) is 15.0 Å². The lowest BCUT2D eigenvalue weighted by molar-refractivity contribution is 0.0600. The molecule has 0 saturated carbocycles. The molecular formula is C28H22N6O3. The van der Waals surface area contributed by atoms with Crippen molar-refractivity contribution in [2.24, 2.45) is 0 Å². The number of nitrogens with zero attached hydrogens (tertiary/aromatic N) is 3. The summed E-state index contributed by atoms with van der Waals surface area (Å²) in [6, 6.07) is 21.5. The van der Waals surface area contributed by atoms with Crippen LogP contribution in [0.2, 0.25) is 0 Å². The predicted molar refractivity (Wildman–Crippen MR) is 143 cm³/mol. The highest BCUT2D eigenvalue weighted by molar-refractivity contribution is 6.03. The number of hydrogen-bond donors (Lipinski definition) is 3. The second kappa shape index (κ2) is 10.5. The Hall–Kier alpha value is -5.31. The van der Waals surface area contributed by atoms with E-state index >= 15 is 0 Å². The number of nitrogens with one attached hydrogen (secondary N) is 3. The Morgan fingerprint density at radius 1 is 0.730 bits per heavy atom. The molecule has 3 aromatic heterocycles. The standard InChI is InChI=1S/C28H22N6O3/c1-37-28(36)18-2-8-24-23(16-18)25(12-15-30-24)33-22-7-9-26(31-17-22)27(35)34-20-5-3-19(4-6-20)32-21-10-13-29-14-11-21/h2-17H,1H3,(H,29,32)(H,30,33)(H,34,35). The summed E-state index contributed by atoms with van der Waals surface area (Å²) in [6.07, 6.45) is 6.68. The monoisotopic (exact) mass is 490 g/mol. The lowest BCUT2D eigenvalue weighted by Gasteiger charge is -2.11. The van der Waals surface area contributed by atoms with Gasteiger partial charge in [0.2, 0.25) is 0 Å². The van der Waals surface area contributed by atoms with Crippen molar-refractivity contribution >= 4 is 51.2 Å². The summed E-state index contributed by atoms with van der Waals surface area (Å²) in [6.45, 7) is 0. The highest BCUT2D eigenvalue weighted by atomic mass is 16.5. The zero-order valence-electron chi connectivity index (χ0n) is 19.8. The fourth-order valence-corrected chi connectivity index (χ4v) is 3.69. The van der Waals surface area contributed by atoms with E-state index in [1.165, 1.54) is 7.11 Å². The zero-order valence-corrected chi connectivity index (χ0v) is 19.8. The van der Waals surface area contributed by atoms with Crippen LogP contribution in [0.5, 0.6) is 0 Å². The van der Waals surface area contributed by atoms with Crippen LogP contribution in [-0.2, 0) is 4.74 Å². The Bertz CT molecular complexity index is 1560. The first kappa shape index (κ1) is 23.4. The van der Waals surface area contributed by atoms with E-state index < -0.39 is 5.97 Å². The van der Waals surface area contributed by atoms with Gasteiger partial charge in [0, 0.05) is 46.7 Å². The van der Waals surface area contributed by atoms with Gasteiger partial charge in [-0.2, -0.15) is 0 Å². The third kappa shape index (κ3) is 5.51. The topological polar surface area (TPSA) is 118 Å². The molecule has 9 heteroatoms. The average Bonchev–Trinajstić information content (AvgIpc) is 2.94. The first-order valence-corrected chi connectivity index (χ1v) is 11.4. The van der Waals surface area contributed by atoms with Gasteiger partial charge in [-0.3, -0.25) is 14.8 Å². The van der Waals surface area contributed by atoms with Crippen molar-refractivity contribution in [2.45, 2.75) is 0 Å². The van der Waals surface area contributed by atoms with Crippen LogP contribution in [0.1, 0.15) is 20.8 Å². The van der Waals surface area contributed by atoms with Gasteiger partial charge in [0.1, 0.15) is 5.69 Å². The molecule has 0 spiro atoms. The van der Waals surface area contributed by atoms with E-state index in [2.05, 4.69) is 30.9 Å². The molecule has 0 saturated heterocycles. The van der Waals surface area contributed by atoms with Crippen LogP contribution in [0.25, 0.3) is 10.9 Å². The number of carbonyl (C=O) groups excluding carboxylic acids is 2. The van der Waals surface area contributed by atoms with Crippen molar-refractivity contribution in [2.75, 3.05) is 23.1 Å². The van der Waals surface area contributed by atoms with Gasteiger partial charge in [-0.25, -0.2) is 9.78 Å². The van der Waals surface area contributed by atoms with E-state index in [0.717, 1.165) is 28.0 Å². The van der Waals surface area contributed by atoms with Crippen LogP contribution in [0.4, 0.5) is 28.4 Å². The Balaban J connectivity index is 1.25. The van der Waals surface area contributed by atoms with E-state index in [4.69, 9.17) is 4.74 Å². The molecule has 182 valence electrons. The summed E-state index contributed by atoms with van der Waals surface area (Å²) in [5.74, 6) is -0.744. The van der Waals surface area contributed by atoms with Crippen LogP contribution >= 0.6 is 0 Å². The van der Waals surface area contributed by atoms with E-state index in [1.54, 1.807) is 61.2 Å². The van der Waals surface area contributed by atoms with E-state index in [-0.39, 0.29) is 11.6 Å². The van der Waals surface area contributed by atoms with Gasteiger partial charge in [0.05, 0.1) is 30.1 Å². The molecule has 0 unspecified atom stereocenters. The number of aromatic nitrogens is 3. The fourth-order valence-electron chi connectivity index (χ4n) is 3.69. The first-order chi connectivity index (χ1) is 18.1. The molecule has 3 N–H and O–H groups in total. The molecule has 37 heavy (non-hydrogen) atoms. The normalized spacial score (nSPS) is 10.5. The van der Waals surface area contributed by atoms with Crippen LogP contribution in [0.15, 0.2) is 97.6 Å². The van der Waals surface area contributed by atoms with Crippen LogP contribution in [0, 0.1) is 0 Å². The van der Waals surface area contributed by atoms with Gasteiger partial charge in [-0.15, -0.1) is 0 Å². The fraction of sp³-hybridized carbons (Fsp3) is 0.0357. The third-order valence-corrected chi connectivity index (χ3v) is 5.55. The van der Waals surface area contributed by atoms with Crippen LogP contribution in [-0.4, -0.2) is 33.9 Å². The minimum atomic E-state index is -0.423. The number of benzene rings is 2. The molecule has 0 bridgehead atoms. The smallest absolute Gasteiger partial charge is 0.337 e. The molecular weight excluding hydrogens is 468 g/mol. The molecule has 0 atom stereocenters. The molecule has 9 nitrogen and oxygen atoms in total. The van der Waals surface area contributed by atoms with Gasteiger partial charge in [0.15, 0.2) is 0 Å². The van der Waals surface area contributed by atoms with Gasteiger partial charge < -0.3 is 20.7 Å². The van der Waals surface area contributed by atoms with Gasteiger partial charge in [-0.1, -0.05) is 0 Å². The van der Waals surface area contributed by atoms with Gasteiger partial charge >= 0.3 is 5.97 Å². The molecule has 0 fully saturated rings. The molecule has 0 aliphatic carbocycles. The summed E-state index contributed by atoms with van der Waals surface area (Å²) in [7, 11) is 1.34. The first-order valence-electron chi connectivity index (χ1n) is 11.4. The number of hydrogen-bond acceptors (Lipinski definition) is 8. The highest BCUT2D eigenvalue weighted by Gasteiger charge is 2.11. The summed E-state index contributed by atoms with van der Waals surface area (Å²) >= 11 is 0. The summed E-state index contributed by atoms with van der Waals surface area (Å²) < 4.78 is 4.82. The van der Waals surface area contributed by atoms with Gasteiger partial charge in [-0.05, 0) is 72.8 Å². The second-order valence-electron chi connectivity index (χ2n) is 8.03. The van der Waals surface area contributed by atoms with Crippen molar-refractivity contribution < 1.29 is 14.3 Å². The molecule has 0 aliphatic rings. The molecule has 5 rings (SSSR count). The molecule has 3 heterocycles. The number of amides is 1.